The standard InChI is InChI=1S/C12H19N5O2/c1-4-9-8(6-7(3)15-16-9)12(18)14-10(5-2)11(13)17-19/h6,10,19H,4-5H2,1-3H3,(H2,13,17)(H,14,18). The van der Waals surface area contributed by atoms with Gasteiger partial charge in [-0.2, -0.15) is 10.2 Å². The number of aryl methyl sites for hydroxylation is 2. The normalized spacial score (nSPS) is 13.1. The summed E-state index contributed by atoms with van der Waals surface area (Å²) in [5, 5.41) is 22.2. The van der Waals surface area contributed by atoms with Gasteiger partial charge in [-0.1, -0.05) is 19.0 Å². The smallest absolute Gasteiger partial charge is 0.253 e. The zero-order valence-corrected chi connectivity index (χ0v) is 11.3. The van der Waals surface area contributed by atoms with Gasteiger partial charge in [0.1, 0.15) is 0 Å². The van der Waals surface area contributed by atoms with E-state index < -0.39 is 6.04 Å². The highest BCUT2D eigenvalue weighted by atomic mass is 16.4. The fourth-order valence-electron chi connectivity index (χ4n) is 1.66. The Kier molecular flexibility index (Phi) is 5.23. The highest BCUT2D eigenvalue weighted by molar-refractivity contribution is 5.99. The molecule has 1 atom stereocenters. The third-order valence-corrected chi connectivity index (χ3v) is 2.76. The highest BCUT2D eigenvalue weighted by Crippen LogP contribution is 2.08. The van der Waals surface area contributed by atoms with Crippen LogP contribution in [-0.2, 0) is 6.42 Å². The Labute approximate surface area is 111 Å². The molecule has 1 heterocycles. The molecule has 0 saturated heterocycles. The Morgan fingerprint density at radius 3 is 2.74 bits per heavy atom. The van der Waals surface area contributed by atoms with Gasteiger partial charge in [-0.25, -0.2) is 0 Å². The van der Waals surface area contributed by atoms with E-state index in [1.165, 1.54) is 0 Å². The lowest BCUT2D eigenvalue weighted by atomic mass is 10.1. The first-order valence-corrected chi connectivity index (χ1v) is 6.14. The molecule has 19 heavy (non-hydrogen) atoms. The second-order valence-corrected chi connectivity index (χ2v) is 4.16. The van der Waals surface area contributed by atoms with E-state index in [-0.39, 0.29) is 11.7 Å². The first-order valence-electron chi connectivity index (χ1n) is 6.14. The van der Waals surface area contributed by atoms with E-state index in [2.05, 4.69) is 20.7 Å². The van der Waals surface area contributed by atoms with Crippen molar-refractivity contribution in [1.82, 2.24) is 15.5 Å². The van der Waals surface area contributed by atoms with E-state index in [4.69, 9.17) is 10.9 Å². The molecule has 0 fully saturated rings. The van der Waals surface area contributed by atoms with Crippen molar-refractivity contribution in [2.45, 2.75) is 39.7 Å². The first kappa shape index (κ1) is 14.9. The van der Waals surface area contributed by atoms with Crippen molar-refractivity contribution in [3.05, 3.63) is 23.0 Å². The minimum atomic E-state index is -0.504. The van der Waals surface area contributed by atoms with Crippen LogP contribution in [-0.4, -0.2) is 33.2 Å². The SMILES string of the molecule is CCc1nnc(C)cc1C(=O)NC(CC)/C(N)=N/O. The Morgan fingerprint density at radius 1 is 1.53 bits per heavy atom. The molecule has 0 aliphatic rings. The number of hydrogen-bond donors (Lipinski definition) is 3. The van der Waals surface area contributed by atoms with Crippen LogP contribution >= 0.6 is 0 Å². The topological polar surface area (TPSA) is 113 Å². The Morgan fingerprint density at radius 2 is 2.21 bits per heavy atom. The zero-order chi connectivity index (χ0) is 14.4. The molecule has 104 valence electrons. The number of amidine groups is 1. The maximum atomic E-state index is 12.2. The lowest BCUT2D eigenvalue weighted by molar-refractivity contribution is 0.0944. The maximum Gasteiger partial charge on any atom is 0.253 e. The molecule has 1 amide bonds. The Balaban J connectivity index is 2.97. The summed E-state index contributed by atoms with van der Waals surface area (Å²) in [5.41, 5.74) is 7.27. The van der Waals surface area contributed by atoms with Gasteiger partial charge in [-0.05, 0) is 25.8 Å². The second kappa shape index (κ2) is 6.67. The van der Waals surface area contributed by atoms with E-state index in [1.807, 2.05) is 13.8 Å². The highest BCUT2D eigenvalue weighted by Gasteiger charge is 2.19. The Bertz CT molecular complexity index is 487. The van der Waals surface area contributed by atoms with Crippen molar-refractivity contribution in [1.29, 1.82) is 0 Å². The van der Waals surface area contributed by atoms with Crippen molar-refractivity contribution < 1.29 is 10.0 Å². The van der Waals surface area contributed by atoms with Crippen LogP contribution < -0.4 is 11.1 Å². The lowest BCUT2D eigenvalue weighted by Crippen LogP contribution is -2.44. The summed E-state index contributed by atoms with van der Waals surface area (Å²) < 4.78 is 0. The molecule has 0 bridgehead atoms. The van der Waals surface area contributed by atoms with Gasteiger partial charge in [0.25, 0.3) is 5.91 Å². The van der Waals surface area contributed by atoms with Crippen molar-refractivity contribution in [2.24, 2.45) is 10.9 Å². The number of carbonyl (C=O) groups excluding carboxylic acids is 1. The molecule has 1 unspecified atom stereocenters. The van der Waals surface area contributed by atoms with Gasteiger partial charge < -0.3 is 16.3 Å². The number of rotatable bonds is 5. The van der Waals surface area contributed by atoms with Gasteiger partial charge in [0.2, 0.25) is 0 Å². The first-order chi connectivity index (χ1) is 9.03. The number of oxime groups is 1. The zero-order valence-electron chi connectivity index (χ0n) is 11.3. The largest absolute Gasteiger partial charge is 0.409 e. The van der Waals surface area contributed by atoms with Crippen molar-refractivity contribution in [3.8, 4) is 0 Å². The van der Waals surface area contributed by atoms with Gasteiger partial charge >= 0.3 is 0 Å². The average molecular weight is 265 g/mol. The lowest BCUT2D eigenvalue weighted by Gasteiger charge is -2.16. The fourth-order valence-corrected chi connectivity index (χ4v) is 1.66. The maximum absolute atomic E-state index is 12.2. The van der Waals surface area contributed by atoms with Gasteiger partial charge in [-0.3, -0.25) is 4.79 Å². The number of amides is 1. The summed E-state index contributed by atoms with van der Waals surface area (Å²) in [6, 6.07) is 1.18. The van der Waals surface area contributed by atoms with Crippen LogP contribution in [0.2, 0.25) is 0 Å². The molecule has 7 heteroatoms. The third kappa shape index (κ3) is 3.64. The van der Waals surface area contributed by atoms with Crippen LogP contribution in [0.3, 0.4) is 0 Å². The van der Waals surface area contributed by atoms with Crippen molar-refractivity contribution >= 4 is 11.7 Å². The molecule has 1 aromatic rings. The predicted molar refractivity (Wildman–Crippen MR) is 71.1 cm³/mol. The molecule has 0 aromatic carbocycles. The number of nitrogens with zero attached hydrogens (tertiary/aromatic N) is 3. The molecule has 1 aromatic heterocycles. The van der Waals surface area contributed by atoms with Crippen LogP contribution in [0.25, 0.3) is 0 Å². The molecule has 0 spiro atoms. The van der Waals surface area contributed by atoms with Gasteiger partial charge in [0.15, 0.2) is 5.84 Å². The van der Waals surface area contributed by atoms with Crippen molar-refractivity contribution in [2.75, 3.05) is 0 Å². The van der Waals surface area contributed by atoms with Crippen LogP contribution in [0.5, 0.6) is 0 Å². The molecule has 1 rings (SSSR count). The summed E-state index contributed by atoms with van der Waals surface area (Å²) in [4.78, 5) is 12.2. The van der Waals surface area contributed by atoms with Gasteiger partial charge in [0, 0.05) is 0 Å². The molecule has 4 N–H and O–H groups in total. The van der Waals surface area contributed by atoms with E-state index >= 15 is 0 Å². The van der Waals surface area contributed by atoms with Gasteiger partial charge in [-0.15, -0.1) is 0 Å². The number of aromatic nitrogens is 2. The molecule has 7 nitrogen and oxygen atoms in total. The number of hydrogen-bond acceptors (Lipinski definition) is 5. The average Bonchev–Trinajstić information content (AvgIpc) is 2.43. The fraction of sp³-hybridized carbons (Fsp3) is 0.500. The van der Waals surface area contributed by atoms with E-state index in [0.29, 0.717) is 29.8 Å². The summed E-state index contributed by atoms with van der Waals surface area (Å²) >= 11 is 0. The monoisotopic (exact) mass is 265 g/mol. The number of nitrogens with one attached hydrogen (secondary N) is 1. The van der Waals surface area contributed by atoms with E-state index in [1.54, 1.807) is 13.0 Å². The van der Waals surface area contributed by atoms with E-state index in [9.17, 15) is 4.79 Å². The van der Waals surface area contributed by atoms with Crippen LogP contribution in [0.4, 0.5) is 0 Å². The molecule has 0 aliphatic carbocycles. The second-order valence-electron chi connectivity index (χ2n) is 4.16. The van der Waals surface area contributed by atoms with Gasteiger partial charge in [0.05, 0.1) is 23.0 Å². The van der Waals surface area contributed by atoms with Crippen molar-refractivity contribution in [3.63, 3.8) is 0 Å². The summed E-state index contributed by atoms with van der Waals surface area (Å²) in [6.07, 6.45) is 1.14. The minimum Gasteiger partial charge on any atom is -0.409 e. The van der Waals surface area contributed by atoms with Crippen LogP contribution in [0.1, 0.15) is 42.0 Å². The number of nitrogens with two attached hydrogens (primary N) is 1. The molecule has 0 saturated carbocycles. The minimum absolute atomic E-state index is 0.0207. The molecule has 0 aliphatic heterocycles. The summed E-state index contributed by atoms with van der Waals surface area (Å²) in [5.74, 6) is -0.319. The summed E-state index contributed by atoms with van der Waals surface area (Å²) in [7, 11) is 0. The molecular formula is C12H19N5O2. The number of carbonyl (C=O) groups is 1. The summed E-state index contributed by atoms with van der Waals surface area (Å²) in [6.45, 7) is 5.50. The van der Waals surface area contributed by atoms with Crippen LogP contribution in [0.15, 0.2) is 11.2 Å². The third-order valence-electron chi connectivity index (χ3n) is 2.76. The van der Waals surface area contributed by atoms with Crippen LogP contribution in [0, 0.1) is 6.92 Å². The molecular weight excluding hydrogens is 246 g/mol. The quantitative estimate of drug-likeness (QED) is 0.312. The van der Waals surface area contributed by atoms with E-state index in [0.717, 1.165) is 0 Å². The molecule has 0 radical (unpaired) electrons. The predicted octanol–water partition coefficient (Wildman–Crippen LogP) is 0.602. The Hall–Kier alpha value is -2.18.